The molecule has 13 heteroatoms. The maximum absolute atomic E-state index is 13.4. The first-order valence-electron chi connectivity index (χ1n) is 13.1. The summed E-state index contributed by atoms with van der Waals surface area (Å²) in [6, 6.07) is 2.79. The second-order valence-electron chi connectivity index (χ2n) is 10.8. The van der Waals surface area contributed by atoms with E-state index in [4.69, 9.17) is 11.6 Å². The summed E-state index contributed by atoms with van der Waals surface area (Å²) in [5, 5.41) is 4.03. The number of rotatable bonds is 9. The minimum atomic E-state index is -3.85. The first-order valence-corrected chi connectivity index (χ1v) is 15.9. The number of carbonyl (C=O) groups excluding carboxylic acids is 3. The van der Waals surface area contributed by atoms with Gasteiger partial charge in [0.1, 0.15) is 6.04 Å². The van der Waals surface area contributed by atoms with E-state index in [0.29, 0.717) is 47.0 Å². The summed E-state index contributed by atoms with van der Waals surface area (Å²) in [7, 11) is -3.85. The fraction of sp³-hybridized carbons (Fsp3) is 0.640. The van der Waals surface area contributed by atoms with Crippen molar-refractivity contribution in [1.29, 1.82) is 0 Å². The Labute approximate surface area is 232 Å². The molecule has 4 heterocycles. The lowest BCUT2D eigenvalue weighted by Crippen LogP contribution is -2.55. The van der Waals surface area contributed by atoms with Gasteiger partial charge in [0.05, 0.1) is 10.9 Å². The molecule has 4 unspecified atom stereocenters. The Morgan fingerprint density at radius 3 is 2.76 bits per heavy atom. The number of likely N-dealkylation sites (tertiary alicyclic amines) is 3. The summed E-state index contributed by atoms with van der Waals surface area (Å²) in [5.74, 6) is 0.567. The van der Waals surface area contributed by atoms with Crippen molar-refractivity contribution in [3.63, 3.8) is 0 Å². The highest BCUT2D eigenvalue weighted by Gasteiger charge is 2.54. The molecular weight excluding hydrogens is 550 g/mol. The van der Waals surface area contributed by atoms with Gasteiger partial charge in [-0.1, -0.05) is 11.6 Å². The molecule has 4 aliphatic rings. The van der Waals surface area contributed by atoms with E-state index in [1.165, 1.54) is 29.2 Å². The second-order valence-corrected chi connectivity index (χ2v) is 14.1. The van der Waals surface area contributed by atoms with Gasteiger partial charge in [-0.25, -0.2) is 8.42 Å². The third kappa shape index (κ3) is 6.59. The smallest absolute Gasteiger partial charge is 0.242 e. The van der Waals surface area contributed by atoms with Crippen LogP contribution < -0.4 is 10.0 Å². The zero-order valence-corrected chi connectivity index (χ0v) is 23.7. The Hall–Kier alpha value is -1.99. The van der Waals surface area contributed by atoms with Gasteiger partial charge in [-0.3, -0.25) is 19.3 Å². The molecule has 5 rings (SSSR count). The van der Waals surface area contributed by atoms with Gasteiger partial charge >= 0.3 is 0 Å². The molecule has 3 amide bonds. The van der Waals surface area contributed by atoms with E-state index in [1.54, 1.807) is 12.1 Å². The van der Waals surface area contributed by atoms with Crippen LogP contribution in [0, 0.1) is 11.8 Å². The number of thiophene rings is 1. The number of carbonyl (C=O) groups is 3. The van der Waals surface area contributed by atoms with Crippen molar-refractivity contribution in [1.82, 2.24) is 24.7 Å². The number of amides is 3. The lowest BCUT2D eigenvalue weighted by atomic mass is 10.1. The standard InChI is InChI=1S/C25H34ClN5O5S2/c1-16(32)27-18-6-9-29(13-18)14-22-20-11-17(20)12-31(22)24(33)15-30-8-2-3-21(25(30)34)28-38(35,36)10-7-19-4-5-23(26)37-19/h4-5,7,10,17-18,20-22,28H,2-3,6,8-9,11-15H2,1H3,(H,27,32)/b10-7+/t17?,18?,20?,21-,22?/m0/s1. The minimum Gasteiger partial charge on any atom is -0.352 e. The van der Waals surface area contributed by atoms with E-state index >= 15 is 0 Å². The Balaban J connectivity index is 1.16. The third-order valence-corrected chi connectivity index (χ3v) is 10.2. The Bertz CT molecular complexity index is 1220. The number of sulfonamides is 1. The SMILES string of the molecule is CC(=O)NC1CCN(CC2C3CC3CN2C(=O)CN2CCC[C@H](NS(=O)(=O)/C=C/c3ccc(Cl)s3)C2=O)C1. The molecular formula is C25H34ClN5O5S2. The molecule has 1 aromatic rings. The van der Waals surface area contributed by atoms with E-state index < -0.39 is 16.1 Å². The van der Waals surface area contributed by atoms with Crippen LogP contribution in [-0.4, -0.2) is 98.2 Å². The fourth-order valence-corrected chi connectivity index (χ4v) is 8.10. The van der Waals surface area contributed by atoms with E-state index in [2.05, 4.69) is 14.9 Å². The van der Waals surface area contributed by atoms with E-state index in [9.17, 15) is 22.8 Å². The Morgan fingerprint density at radius 1 is 1.21 bits per heavy atom. The molecule has 0 spiro atoms. The number of fused-ring (bicyclic) bond motifs is 1. The summed E-state index contributed by atoms with van der Waals surface area (Å²) in [6.07, 6.45) is 4.50. The average molecular weight is 584 g/mol. The van der Waals surface area contributed by atoms with Crippen LogP contribution in [-0.2, 0) is 24.4 Å². The number of hydrogen-bond acceptors (Lipinski definition) is 7. The number of nitrogens with one attached hydrogen (secondary N) is 2. The number of halogens is 1. The van der Waals surface area contributed by atoms with Crippen molar-refractivity contribution < 1.29 is 22.8 Å². The van der Waals surface area contributed by atoms with Gasteiger partial charge in [-0.05, 0) is 55.7 Å². The average Bonchev–Trinajstić information content (AvgIpc) is 3.12. The van der Waals surface area contributed by atoms with Crippen LogP contribution in [0.4, 0.5) is 0 Å². The van der Waals surface area contributed by atoms with Gasteiger partial charge in [-0.2, -0.15) is 4.72 Å². The molecule has 4 fully saturated rings. The molecule has 1 saturated carbocycles. The lowest BCUT2D eigenvalue weighted by molar-refractivity contribution is -0.144. The quantitative estimate of drug-likeness (QED) is 0.453. The zero-order valence-electron chi connectivity index (χ0n) is 21.3. The van der Waals surface area contributed by atoms with Crippen molar-refractivity contribution in [3.8, 4) is 0 Å². The summed E-state index contributed by atoms with van der Waals surface area (Å²) in [5.41, 5.74) is 0. The van der Waals surface area contributed by atoms with Crippen LogP contribution in [0.25, 0.3) is 6.08 Å². The molecule has 0 radical (unpaired) electrons. The van der Waals surface area contributed by atoms with Crippen LogP contribution in [0.1, 0.15) is 37.5 Å². The molecule has 3 saturated heterocycles. The molecule has 5 atom stereocenters. The summed E-state index contributed by atoms with van der Waals surface area (Å²) < 4.78 is 28.2. The summed E-state index contributed by atoms with van der Waals surface area (Å²) >= 11 is 7.15. The molecule has 1 aromatic heterocycles. The van der Waals surface area contributed by atoms with Gasteiger partial charge in [0, 0.05) is 62.0 Å². The predicted octanol–water partition coefficient (Wildman–Crippen LogP) is 1.34. The van der Waals surface area contributed by atoms with Crippen LogP contribution >= 0.6 is 22.9 Å². The molecule has 3 aliphatic heterocycles. The van der Waals surface area contributed by atoms with Crippen LogP contribution in [0.15, 0.2) is 17.5 Å². The number of hydrogen-bond donors (Lipinski definition) is 2. The second kappa shape index (κ2) is 11.2. The first kappa shape index (κ1) is 27.6. The Morgan fingerprint density at radius 2 is 2.03 bits per heavy atom. The highest BCUT2D eigenvalue weighted by Crippen LogP contribution is 2.49. The topological polar surface area (TPSA) is 119 Å². The summed E-state index contributed by atoms with van der Waals surface area (Å²) in [6.45, 7) is 5.10. The van der Waals surface area contributed by atoms with Gasteiger partial charge < -0.3 is 15.1 Å². The van der Waals surface area contributed by atoms with Crippen LogP contribution in [0.3, 0.4) is 0 Å². The van der Waals surface area contributed by atoms with Crippen molar-refractivity contribution >= 4 is 56.8 Å². The van der Waals surface area contributed by atoms with E-state index in [-0.39, 0.29) is 36.3 Å². The third-order valence-electron chi connectivity index (χ3n) is 7.92. The number of nitrogens with zero attached hydrogens (tertiary/aromatic N) is 3. The van der Waals surface area contributed by atoms with E-state index in [0.717, 1.165) is 37.9 Å². The highest BCUT2D eigenvalue weighted by atomic mass is 35.5. The molecule has 0 bridgehead atoms. The van der Waals surface area contributed by atoms with Crippen molar-refractivity contribution in [2.75, 3.05) is 39.3 Å². The maximum atomic E-state index is 13.4. The maximum Gasteiger partial charge on any atom is 0.242 e. The van der Waals surface area contributed by atoms with Crippen molar-refractivity contribution in [2.24, 2.45) is 11.8 Å². The minimum absolute atomic E-state index is 0.0213. The first-order chi connectivity index (χ1) is 18.1. The largest absolute Gasteiger partial charge is 0.352 e. The predicted molar refractivity (Wildman–Crippen MR) is 146 cm³/mol. The van der Waals surface area contributed by atoms with Crippen molar-refractivity contribution in [3.05, 3.63) is 26.8 Å². The molecule has 38 heavy (non-hydrogen) atoms. The zero-order chi connectivity index (χ0) is 27.0. The van der Waals surface area contributed by atoms with Gasteiger partial charge in [0.2, 0.25) is 27.7 Å². The molecule has 208 valence electrons. The fourth-order valence-electron chi connectivity index (χ4n) is 6.03. The summed E-state index contributed by atoms with van der Waals surface area (Å²) in [4.78, 5) is 44.3. The monoisotopic (exact) mass is 583 g/mol. The van der Waals surface area contributed by atoms with Crippen molar-refractivity contribution in [2.45, 2.75) is 50.7 Å². The Kier molecular flexibility index (Phi) is 8.16. The molecule has 10 nitrogen and oxygen atoms in total. The lowest BCUT2D eigenvalue weighted by Gasteiger charge is -2.35. The van der Waals surface area contributed by atoms with Crippen LogP contribution in [0.5, 0.6) is 0 Å². The number of piperidine rings is 2. The highest BCUT2D eigenvalue weighted by molar-refractivity contribution is 7.92. The molecule has 2 N–H and O–H groups in total. The van der Waals surface area contributed by atoms with Gasteiger partial charge in [0.25, 0.3) is 0 Å². The molecule has 0 aromatic carbocycles. The van der Waals surface area contributed by atoms with Gasteiger partial charge in [-0.15, -0.1) is 11.3 Å². The van der Waals surface area contributed by atoms with Gasteiger partial charge in [0.15, 0.2) is 0 Å². The molecule has 1 aliphatic carbocycles. The normalized spacial score (nSPS) is 29.7. The van der Waals surface area contributed by atoms with E-state index in [1.807, 2.05) is 4.90 Å². The van der Waals surface area contributed by atoms with Crippen LogP contribution in [0.2, 0.25) is 4.34 Å².